The normalized spacial score (nSPS) is 12.9. The van der Waals surface area contributed by atoms with E-state index in [9.17, 15) is 4.79 Å². The molecule has 108 valence electrons. The molecule has 0 unspecified atom stereocenters. The van der Waals surface area contributed by atoms with Crippen LogP contribution in [0.4, 0.5) is 0 Å². The summed E-state index contributed by atoms with van der Waals surface area (Å²) in [5, 5.41) is 2.94. The number of carbonyl (C=O) groups excluding carboxylic acids is 1. The zero-order valence-corrected chi connectivity index (χ0v) is 12.2. The largest absolute Gasteiger partial charge is 0.346 e. The van der Waals surface area contributed by atoms with E-state index in [1.54, 1.807) is 18.6 Å². The minimum absolute atomic E-state index is 0.0590. The number of carbonyl (C=O) groups is 1. The lowest BCUT2D eigenvalue weighted by Crippen LogP contribution is -2.24. The van der Waals surface area contributed by atoms with Gasteiger partial charge in [-0.3, -0.25) is 4.79 Å². The van der Waals surface area contributed by atoms with Crippen molar-refractivity contribution in [3.05, 3.63) is 72.9 Å². The molecule has 4 nitrogen and oxygen atoms in total. The topological polar surface area (TPSA) is 46.9 Å². The van der Waals surface area contributed by atoms with E-state index < -0.39 is 0 Å². The molecule has 0 saturated heterocycles. The van der Waals surface area contributed by atoms with Crippen LogP contribution < -0.4 is 5.32 Å². The Kier molecular flexibility index (Phi) is 5.10. The molecular weight excluding hydrogens is 262 g/mol. The number of imidazole rings is 1. The highest BCUT2D eigenvalue weighted by Gasteiger charge is 2.08. The van der Waals surface area contributed by atoms with Gasteiger partial charge in [-0.1, -0.05) is 30.4 Å². The third-order valence-electron chi connectivity index (χ3n) is 3.08. The van der Waals surface area contributed by atoms with Crippen LogP contribution in [0, 0.1) is 0 Å². The lowest BCUT2D eigenvalue weighted by Gasteiger charge is -2.14. The second-order valence-corrected chi connectivity index (χ2v) is 4.68. The van der Waals surface area contributed by atoms with Gasteiger partial charge in [0, 0.05) is 24.2 Å². The first-order valence-electron chi connectivity index (χ1n) is 6.89. The van der Waals surface area contributed by atoms with Crippen LogP contribution >= 0.6 is 0 Å². The molecule has 0 fully saturated rings. The number of benzene rings is 1. The van der Waals surface area contributed by atoms with Crippen LogP contribution in [0.2, 0.25) is 0 Å². The van der Waals surface area contributed by atoms with Gasteiger partial charge in [0.15, 0.2) is 0 Å². The van der Waals surface area contributed by atoms with Gasteiger partial charge in [0.1, 0.15) is 0 Å². The molecule has 0 bridgehead atoms. The molecule has 0 aliphatic heterocycles. The molecule has 1 atom stereocenters. The highest BCUT2D eigenvalue weighted by Crippen LogP contribution is 2.16. The molecule has 0 aliphatic carbocycles. The summed E-state index contributed by atoms with van der Waals surface area (Å²) in [5.41, 5.74) is 2.07. The second-order valence-electron chi connectivity index (χ2n) is 4.68. The van der Waals surface area contributed by atoms with Crippen LogP contribution in [0.5, 0.6) is 0 Å². The van der Waals surface area contributed by atoms with Gasteiger partial charge < -0.3 is 9.88 Å². The van der Waals surface area contributed by atoms with E-state index in [4.69, 9.17) is 0 Å². The molecule has 0 radical (unpaired) electrons. The van der Waals surface area contributed by atoms with Gasteiger partial charge in [0.25, 0.3) is 0 Å². The van der Waals surface area contributed by atoms with E-state index >= 15 is 0 Å². The summed E-state index contributed by atoms with van der Waals surface area (Å²) in [6.07, 6.45) is 12.3. The van der Waals surface area contributed by atoms with Crippen LogP contribution in [0.15, 0.2) is 67.3 Å². The SMILES string of the molecule is C/C=C/C=C/C(=O)N[C@@H](C)c1cccc(-n2ccnc2)c1. The third-order valence-corrected chi connectivity index (χ3v) is 3.08. The fourth-order valence-electron chi connectivity index (χ4n) is 1.97. The van der Waals surface area contributed by atoms with Crippen LogP contribution in [0.25, 0.3) is 5.69 Å². The van der Waals surface area contributed by atoms with Gasteiger partial charge in [-0.2, -0.15) is 0 Å². The molecule has 1 amide bonds. The lowest BCUT2D eigenvalue weighted by molar-refractivity contribution is -0.117. The summed E-state index contributed by atoms with van der Waals surface area (Å²) in [6, 6.07) is 7.97. The summed E-state index contributed by atoms with van der Waals surface area (Å²) in [5.74, 6) is -0.103. The van der Waals surface area contributed by atoms with Crippen molar-refractivity contribution in [1.29, 1.82) is 0 Å². The Labute approximate surface area is 124 Å². The van der Waals surface area contributed by atoms with Crippen LogP contribution in [-0.4, -0.2) is 15.5 Å². The predicted molar refractivity (Wildman–Crippen MR) is 84.1 cm³/mol. The molecule has 1 aromatic carbocycles. The average Bonchev–Trinajstić information content (AvgIpc) is 3.02. The first-order valence-corrected chi connectivity index (χ1v) is 6.89. The Hall–Kier alpha value is -2.62. The minimum Gasteiger partial charge on any atom is -0.346 e. The van der Waals surface area contributed by atoms with E-state index in [0.29, 0.717) is 0 Å². The number of aromatic nitrogens is 2. The van der Waals surface area contributed by atoms with Crippen molar-refractivity contribution in [2.24, 2.45) is 0 Å². The highest BCUT2D eigenvalue weighted by molar-refractivity contribution is 5.88. The van der Waals surface area contributed by atoms with Crippen molar-refractivity contribution < 1.29 is 4.79 Å². The van der Waals surface area contributed by atoms with Crippen molar-refractivity contribution in [3.63, 3.8) is 0 Å². The van der Waals surface area contributed by atoms with Gasteiger partial charge >= 0.3 is 0 Å². The molecule has 0 saturated carbocycles. The quantitative estimate of drug-likeness (QED) is 0.676. The third kappa shape index (κ3) is 4.18. The van der Waals surface area contributed by atoms with Crippen LogP contribution in [0.3, 0.4) is 0 Å². The number of amides is 1. The van der Waals surface area contributed by atoms with Crippen molar-refractivity contribution >= 4 is 5.91 Å². The Balaban J connectivity index is 2.07. The lowest BCUT2D eigenvalue weighted by atomic mass is 10.1. The van der Waals surface area contributed by atoms with E-state index in [1.165, 1.54) is 6.08 Å². The molecule has 0 spiro atoms. The van der Waals surface area contributed by atoms with Crippen molar-refractivity contribution in [2.45, 2.75) is 19.9 Å². The molecule has 0 aliphatic rings. The first kappa shape index (κ1) is 14.8. The standard InChI is InChI=1S/C17H19N3O/c1-3-4-5-9-17(21)19-14(2)15-7-6-8-16(12-15)20-11-10-18-13-20/h3-14H,1-2H3,(H,19,21)/b4-3+,9-5+/t14-/m0/s1. The Morgan fingerprint density at radius 1 is 1.38 bits per heavy atom. The molecular formula is C17H19N3O. The van der Waals surface area contributed by atoms with Gasteiger partial charge in [0.2, 0.25) is 5.91 Å². The molecule has 1 N–H and O–H groups in total. The van der Waals surface area contributed by atoms with Crippen molar-refractivity contribution in [3.8, 4) is 5.69 Å². The zero-order valence-electron chi connectivity index (χ0n) is 12.2. The zero-order chi connectivity index (χ0) is 15.1. The van der Waals surface area contributed by atoms with E-state index in [1.807, 2.05) is 61.0 Å². The minimum atomic E-state index is -0.103. The monoisotopic (exact) mass is 281 g/mol. The predicted octanol–water partition coefficient (Wildman–Crippen LogP) is 3.18. The molecule has 1 aromatic heterocycles. The van der Waals surface area contributed by atoms with Gasteiger partial charge in [-0.15, -0.1) is 0 Å². The number of nitrogens with zero attached hydrogens (tertiary/aromatic N) is 2. The number of hydrogen-bond donors (Lipinski definition) is 1. The van der Waals surface area contributed by atoms with Gasteiger partial charge in [-0.25, -0.2) is 4.98 Å². The molecule has 2 rings (SSSR count). The van der Waals surface area contributed by atoms with Gasteiger partial charge in [-0.05, 0) is 31.5 Å². The fourth-order valence-corrected chi connectivity index (χ4v) is 1.97. The average molecular weight is 281 g/mol. The summed E-state index contributed by atoms with van der Waals surface area (Å²) < 4.78 is 1.93. The number of hydrogen-bond acceptors (Lipinski definition) is 2. The maximum Gasteiger partial charge on any atom is 0.244 e. The Morgan fingerprint density at radius 2 is 2.24 bits per heavy atom. The van der Waals surface area contributed by atoms with Crippen molar-refractivity contribution in [2.75, 3.05) is 0 Å². The Bertz CT molecular complexity index is 642. The smallest absolute Gasteiger partial charge is 0.244 e. The second kappa shape index (κ2) is 7.24. The van der Waals surface area contributed by atoms with Crippen molar-refractivity contribution in [1.82, 2.24) is 14.9 Å². The molecule has 2 aromatic rings. The molecule has 21 heavy (non-hydrogen) atoms. The van der Waals surface area contributed by atoms with E-state index in [0.717, 1.165) is 11.3 Å². The molecule has 4 heteroatoms. The maximum atomic E-state index is 11.8. The maximum absolute atomic E-state index is 11.8. The number of allylic oxidation sites excluding steroid dienone is 3. The molecule has 1 heterocycles. The van der Waals surface area contributed by atoms with Crippen LogP contribution in [-0.2, 0) is 4.79 Å². The van der Waals surface area contributed by atoms with E-state index in [2.05, 4.69) is 10.3 Å². The van der Waals surface area contributed by atoms with Crippen LogP contribution in [0.1, 0.15) is 25.5 Å². The summed E-state index contributed by atoms with van der Waals surface area (Å²) in [7, 11) is 0. The summed E-state index contributed by atoms with van der Waals surface area (Å²) in [4.78, 5) is 15.8. The highest BCUT2D eigenvalue weighted by atomic mass is 16.1. The van der Waals surface area contributed by atoms with Gasteiger partial charge in [0.05, 0.1) is 12.4 Å². The number of rotatable bonds is 5. The number of nitrogens with one attached hydrogen (secondary N) is 1. The fraction of sp³-hybridized carbons (Fsp3) is 0.176. The first-order chi connectivity index (χ1) is 10.2. The summed E-state index contributed by atoms with van der Waals surface area (Å²) in [6.45, 7) is 3.88. The summed E-state index contributed by atoms with van der Waals surface area (Å²) >= 11 is 0. The Morgan fingerprint density at radius 3 is 2.95 bits per heavy atom. The van der Waals surface area contributed by atoms with E-state index in [-0.39, 0.29) is 11.9 Å².